The maximum Gasteiger partial charge on any atom is 0.314 e. The van der Waals surface area contributed by atoms with Crippen LogP contribution in [0.5, 0.6) is 11.5 Å². The van der Waals surface area contributed by atoms with Gasteiger partial charge in [0.2, 0.25) is 0 Å². The van der Waals surface area contributed by atoms with E-state index in [1.54, 1.807) is 26.4 Å². The first kappa shape index (κ1) is 11.8. The standard InChI is InChI=1S/C13H16O4/c1-8-10(13(4-5-13)12(14)15)6-9(16-2)7-11(8)17-3/h6-7H,4-5H2,1-3H3,(H,14,15). The van der Waals surface area contributed by atoms with Crippen molar-refractivity contribution < 1.29 is 19.4 Å². The van der Waals surface area contributed by atoms with Crippen molar-refractivity contribution in [1.29, 1.82) is 0 Å². The Labute approximate surface area is 100 Å². The molecule has 1 fully saturated rings. The Balaban J connectivity index is 2.57. The minimum atomic E-state index is -0.768. The van der Waals surface area contributed by atoms with Crippen molar-refractivity contribution in [2.45, 2.75) is 25.2 Å². The second kappa shape index (κ2) is 3.95. The van der Waals surface area contributed by atoms with Gasteiger partial charge in [0.05, 0.1) is 19.6 Å². The highest BCUT2D eigenvalue weighted by Gasteiger charge is 2.53. The molecule has 0 amide bonds. The Morgan fingerprint density at radius 2 is 1.94 bits per heavy atom. The zero-order valence-corrected chi connectivity index (χ0v) is 10.2. The Morgan fingerprint density at radius 3 is 2.35 bits per heavy atom. The summed E-state index contributed by atoms with van der Waals surface area (Å²) in [6.07, 6.45) is 1.36. The highest BCUT2D eigenvalue weighted by Crippen LogP contribution is 2.51. The Hall–Kier alpha value is -1.71. The fourth-order valence-corrected chi connectivity index (χ4v) is 2.21. The number of aliphatic carboxylic acids is 1. The van der Waals surface area contributed by atoms with Gasteiger partial charge in [-0.15, -0.1) is 0 Å². The number of hydrogen-bond donors (Lipinski definition) is 1. The van der Waals surface area contributed by atoms with Crippen LogP contribution >= 0.6 is 0 Å². The van der Waals surface area contributed by atoms with Crippen molar-refractivity contribution in [3.63, 3.8) is 0 Å². The van der Waals surface area contributed by atoms with E-state index in [2.05, 4.69) is 0 Å². The van der Waals surface area contributed by atoms with E-state index in [0.29, 0.717) is 24.3 Å². The lowest BCUT2D eigenvalue weighted by atomic mass is 9.91. The van der Waals surface area contributed by atoms with Gasteiger partial charge in [-0.3, -0.25) is 4.79 Å². The van der Waals surface area contributed by atoms with Crippen molar-refractivity contribution in [3.8, 4) is 11.5 Å². The summed E-state index contributed by atoms with van der Waals surface area (Å²) in [5, 5.41) is 9.33. The third-order valence-electron chi connectivity index (χ3n) is 3.46. The molecule has 4 heteroatoms. The molecule has 0 radical (unpaired) electrons. The predicted octanol–water partition coefficient (Wildman–Crippen LogP) is 2.13. The Kier molecular flexibility index (Phi) is 2.73. The van der Waals surface area contributed by atoms with Gasteiger partial charge in [0.15, 0.2) is 0 Å². The van der Waals surface area contributed by atoms with E-state index in [-0.39, 0.29) is 0 Å². The minimum absolute atomic E-state index is 0.634. The number of carboxylic acid groups (broad SMARTS) is 1. The first-order chi connectivity index (χ1) is 8.05. The zero-order valence-electron chi connectivity index (χ0n) is 10.2. The largest absolute Gasteiger partial charge is 0.497 e. The topological polar surface area (TPSA) is 55.8 Å². The van der Waals surface area contributed by atoms with Crippen LogP contribution in [0.4, 0.5) is 0 Å². The second-order valence-electron chi connectivity index (χ2n) is 4.39. The first-order valence-electron chi connectivity index (χ1n) is 5.51. The molecule has 1 aliphatic carbocycles. The second-order valence-corrected chi connectivity index (χ2v) is 4.39. The van der Waals surface area contributed by atoms with E-state index in [0.717, 1.165) is 11.1 Å². The van der Waals surface area contributed by atoms with Gasteiger partial charge >= 0.3 is 5.97 Å². The van der Waals surface area contributed by atoms with Crippen LogP contribution in [0.25, 0.3) is 0 Å². The van der Waals surface area contributed by atoms with Gasteiger partial charge in [-0.25, -0.2) is 0 Å². The van der Waals surface area contributed by atoms with E-state index in [4.69, 9.17) is 9.47 Å². The molecule has 1 aromatic carbocycles. The molecule has 0 aromatic heterocycles. The van der Waals surface area contributed by atoms with Crippen molar-refractivity contribution in [3.05, 3.63) is 23.3 Å². The maximum atomic E-state index is 11.4. The van der Waals surface area contributed by atoms with Crippen LogP contribution in [0.3, 0.4) is 0 Å². The van der Waals surface area contributed by atoms with Gasteiger partial charge in [-0.05, 0) is 37.0 Å². The third-order valence-corrected chi connectivity index (χ3v) is 3.46. The molecular weight excluding hydrogens is 220 g/mol. The smallest absolute Gasteiger partial charge is 0.314 e. The van der Waals surface area contributed by atoms with Crippen molar-refractivity contribution in [2.24, 2.45) is 0 Å². The molecule has 0 aliphatic heterocycles. The van der Waals surface area contributed by atoms with E-state index in [9.17, 15) is 9.90 Å². The number of ether oxygens (including phenoxy) is 2. The van der Waals surface area contributed by atoms with Crippen LogP contribution in [0.2, 0.25) is 0 Å². The highest BCUT2D eigenvalue weighted by atomic mass is 16.5. The van der Waals surface area contributed by atoms with Gasteiger partial charge in [0.1, 0.15) is 11.5 Å². The normalized spacial score (nSPS) is 16.4. The van der Waals surface area contributed by atoms with E-state index < -0.39 is 11.4 Å². The molecule has 4 nitrogen and oxygen atoms in total. The lowest BCUT2D eigenvalue weighted by molar-refractivity contribution is -0.140. The summed E-state index contributed by atoms with van der Waals surface area (Å²) in [6.45, 7) is 1.89. The number of hydrogen-bond acceptors (Lipinski definition) is 3. The Bertz CT molecular complexity index is 461. The molecule has 1 aromatic rings. The summed E-state index contributed by atoms with van der Waals surface area (Å²) >= 11 is 0. The van der Waals surface area contributed by atoms with Crippen molar-refractivity contribution >= 4 is 5.97 Å². The fourth-order valence-electron chi connectivity index (χ4n) is 2.21. The number of benzene rings is 1. The quantitative estimate of drug-likeness (QED) is 0.870. The molecule has 17 heavy (non-hydrogen) atoms. The number of carboxylic acids is 1. The summed E-state index contributed by atoms with van der Waals surface area (Å²) in [5.41, 5.74) is 0.959. The molecule has 1 N–H and O–H groups in total. The average Bonchev–Trinajstić information content (AvgIpc) is 3.10. The molecule has 1 aliphatic rings. The zero-order chi connectivity index (χ0) is 12.6. The van der Waals surface area contributed by atoms with Gasteiger partial charge in [0.25, 0.3) is 0 Å². The number of carbonyl (C=O) groups is 1. The number of rotatable bonds is 4. The fraction of sp³-hybridized carbons (Fsp3) is 0.462. The van der Waals surface area contributed by atoms with E-state index in [1.807, 2.05) is 6.92 Å². The van der Waals surface area contributed by atoms with E-state index >= 15 is 0 Å². The molecule has 0 atom stereocenters. The summed E-state index contributed by atoms with van der Waals surface area (Å²) in [6, 6.07) is 3.58. The van der Waals surface area contributed by atoms with Crippen LogP contribution in [-0.4, -0.2) is 25.3 Å². The molecular formula is C13H16O4. The lowest BCUT2D eigenvalue weighted by Crippen LogP contribution is -2.21. The maximum absolute atomic E-state index is 11.4. The van der Waals surface area contributed by atoms with Crippen LogP contribution in [-0.2, 0) is 10.2 Å². The van der Waals surface area contributed by atoms with E-state index in [1.165, 1.54) is 0 Å². The van der Waals surface area contributed by atoms with Crippen LogP contribution < -0.4 is 9.47 Å². The van der Waals surface area contributed by atoms with Crippen LogP contribution in [0, 0.1) is 6.92 Å². The molecule has 92 valence electrons. The number of methoxy groups -OCH3 is 2. The predicted molar refractivity (Wildman–Crippen MR) is 62.8 cm³/mol. The summed E-state index contributed by atoms with van der Waals surface area (Å²) in [4.78, 5) is 11.4. The lowest BCUT2D eigenvalue weighted by Gasteiger charge is -2.17. The average molecular weight is 236 g/mol. The summed E-state index contributed by atoms with van der Waals surface area (Å²) in [7, 11) is 3.14. The molecule has 0 saturated heterocycles. The molecule has 0 unspecified atom stereocenters. The molecule has 1 saturated carbocycles. The molecule has 0 heterocycles. The SMILES string of the molecule is COc1cc(OC)c(C)c(C2(C(=O)O)CC2)c1. The minimum Gasteiger partial charge on any atom is -0.497 e. The van der Waals surface area contributed by atoms with Crippen molar-refractivity contribution in [1.82, 2.24) is 0 Å². The summed E-state index contributed by atoms with van der Waals surface area (Å²) in [5.74, 6) is 0.540. The monoisotopic (exact) mass is 236 g/mol. The van der Waals surface area contributed by atoms with Gasteiger partial charge < -0.3 is 14.6 Å². The Morgan fingerprint density at radius 1 is 1.29 bits per heavy atom. The molecule has 2 rings (SSSR count). The molecule has 0 spiro atoms. The molecule has 0 bridgehead atoms. The van der Waals surface area contributed by atoms with Gasteiger partial charge in [-0.2, -0.15) is 0 Å². The van der Waals surface area contributed by atoms with Crippen LogP contribution in [0.1, 0.15) is 24.0 Å². The first-order valence-corrected chi connectivity index (χ1v) is 5.51. The van der Waals surface area contributed by atoms with Gasteiger partial charge in [0, 0.05) is 6.07 Å². The van der Waals surface area contributed by atoms with Gasteiger partial charge in [-0.1, -0.05) is 0 Å². The van der Waals surface area contributed by atoms with Crippen LogP contribution in [0.15, 0.2) is 12.1 Å². The summed E-state index contributed by atoms with van der Waals surface area (Å²) < 4.78 is 10.4. The third kappa shape index (κ3) is 1.73. The highest BCUT2D eigenvalue weighted by molar-refractivity contribution is 5.86. The van der Waals surface area contributed by atoms with Crippen molar-refractivity contribution in [2.75, 3.05) is 14.2 Å².